The second-order valence-electron chi connectivity index (χ2n) is 25.2. The summed E-state index contributed by atoms with van der Waals surface area (Å²) in [5.41, 5.74) is 0. The first-order chi connectivity index (χ1) is 41.9. The third-order valence-corrected chi connectivity index (χ3v) is 17.1. The van der Waals surface area contributed by atoms with E-state index in [9.17, 15) is 33.9 Å². The number of carbonyl (C=O) groups is 6. The third-order valence-electron chi connectivity index (χ3n) is 17.1. The van der Waals surface area contributed by atoms with Gasteiger partial charge in [0.1, 0.15) is 12.7 Å². The molecule has 3 aliphatic heterocycles. The summed E-state index contributed by atoms with van der Waals surface area (Å²) in [6, 6.07) is 0. The lowest BCUT2D eigenvalue weighted by molar-refractivity contribution is -0.152. The van der Waals surface area contributed by atoms with Crippen molar-refractivity contribution in [3.05, 3.63) is 36.5 Å². The number of hydrogen-bond acceptors (Lipinski definition) is 9. The highest BCUT2D eigenvalue weighted by atomic mass is 16.5. The number of rotatable bonds is 54. The summed E-state index contributed by atoms with van der Waals surface area (Å²) in [6.45, 7) is 9.46. The second-order valence-corrected chi connectivity index (χ2v) is 25.2. The van der Waals surface area contributed by atoms with Crippen LogP contribution >= 0.6 is 0 Å². The number of allylic oxidation sites excluding steroid dienone is 6. The molecule has 498 valence electrons. The number of ether oxygens (including phenoxy) is 1. The molecule has 3 aliphatic rings. The van der Waals surface area contributed by atoms with Crippen LogP contribution in [0.15, 0.2) is 36.5 Å². The van der Waals surface area contributed by atoms with Gasteiger partial charge >= 0.3 is 17.9 Å². The summed E-state index contributed by atoms with van der Waals surface area (Å²) in [5.74, 6) is -3.57. The van der Waals surface area contributed by atoms with Gasteiger partial charge in [0.05, 0.1) is 24.4 Å². The molecule has 86 heavy (non-hydrogen) atoms. The van der Waals surface area contributed by atoms with Crippen LogP contribution in [0.2, 0.25) is 0 Å². The summed E-state index contributed by atoms with van der Waals surface area (Å²) in [4.78, 5) is 74.6. The maximum atomic E-state index is 12.1. The molecular weight excluding hydrogens is 1080 g/mol. The number of nitrogens with zero attached hydrogens (tertiary/aromatic N) is 3. The molecule has 3 amide bonds. The topological polar surface area (TPSA) is 202 Å². The number of carboxylic acids is 2. The molecule has 14 heteroatoms. The molecule has 0 radical (unpaired) electrons. The normalized spacial score (nSPS) is 17.3. The predicted octanol–water partition coefficient (Wildman–Crippen LogP) is 16.7. The van der Waals surface area contributed by atoms with Crippen LogP contribution in [-0.2, 0) is 33.5 Å². The van der Waals surface area contributed by atoms with Crippen molar-refractivity contribution in [1.29, 1.82) is 0 Å². The third kappa shape index (κ3) is 45.3. The van der Waals surface area contributed by atoms with Crippen molar-refractivity contribution in [2.24, 2.45) is 17.8 Å². The first-order valence-electron chi connectivity index (χ1n) is 35.6. The number of likely N-dealkylation sites (tertiary alicyclic amines) is 3. The molecule has 14 nitrogen and oxygen atoms in total. The molecule has 3 fully saturated rings. The minimum Gasteiger partial charge on any atom is -0.481 e. The van der Waals surface area contributed by atoms with Gasteiger partial charge in [-0.3, -0.25) is 28.8 Å². The fourth-order valence-corrected chi connectivity index (χ4v) is 11.5. The number of aliphatic carboxylic acids is 2. The zero-order chi connectivity index (χ0) is 62.9. The Morgan fingerprint density at radius 2 is 0.628 bits per heavy atom. The van der Waals surface area contributed by atoms with E-state index in [0.29, 0.717) is 26.2 Å². The lowest BCUT2D eigenvalue weighted by atomic mass is 10.1. The molecular formula is C72H129N3O11. The number of aliphatic hydroxyl groups excluding tert-OH is 2. The number of carboxylic acid groups (broad SMARTS) is 2. The Morgan fingerprint density at radius 3 is 0.872 bits per heavy atom. The average Bonchev–Trinajstić information content (AvgIpc) is 4.44. The van der Waals surface area contributed by atoms with Gasteiger partial charge in [-0.1, -0.05) is 231 Å². The summed E-state index contributed by atoms with van der Waals surface area (Å²) in [5, 5.41) is 36.0. The van der Waals surface area contributed by atoms with Crippen molar-refractivity contribution in [3.63, 3.8) is 0 Å². The van der Waals surface area contributed by atoms with Crippen molar-refractivity contribution in [1.82, 2.24) is 14.7 Å². The number of aliphatic hydroxyl groups is 2. The van der Waals surface area contributed by atoms with E-state index in [-0.39, 0.29) is 43.6 Å². The number of unbranched alkanes of at least 4 members (excludes halogenated alkanes) is 36. The molecule has 0 spiro atoms. The van der Waals surface area contributed by atoms with Crippen molar-refractivity contribution in [2.75, 3.05) is 52.5 Å². The van der Waals surface area contributed by atoms with E-state index >= 15 is 0 Å². The highest BCUT2D eigenvalue weighted by Crippen LogP contribution is 2.23. The first-order valence-corrected chi connectivity index (χ1v) is 35.6. The maximum Gasteiger partial charge on any atom is 0.311 e. The predicted molar refractivity (Wildman–Crippen MR) is 352 cm³/mol. The lowest BCUT2D eigenvalue weighted by Gasteiger charge is -2.16. The van der Waals surface area contributed by atoms with Crippen LogP contribution in [0, 0.1) is 17.8 Å². The van der Waals surface area contributed by atoms with E-state index in [1.807, 2.05) is 0 Å². The first kappa shape index (κ1) is 80.0. The van der Waals surface area contributed by atoms with Gasteiger partial charge in [0, 0.05) is 58.5 Å². The Kier molecular flexibility index (Phi) is 53.4. The lowest BCUT2D eigenvalue weighted by Crippen LogP contribution is -2.29. The largest absolute Gasteiger partial charge is 0.481 e. The van der Waals surface area contributed by atoms with Crippen molar-refractivity contribution < 1.29 is 53.9 Å². The van der Waals surface area contributed by atoms with Crippen LogP contribution in [0.5, 0.6) is 0 Å². The van der Waals surface area contributed by atoms with Gasteiger partial charge in [0.25, 0.3) is 0 Å². The molecule has 3 saturated heterocycles. The van der Waals surface area contributed by atoms with Gasteiger partial charge in [-0.15, -0.1) is 0 Å². The summed E-state index contributed by atoms with van der Waals surface area (Å²) >= 11 is 0. The number of amides is 3. The molecule has 0 aromatic heterocycles. The SMILES string of the molecule is CCCCCCCCC=CCCCCCCCCN1CC(C(=O)O)CC1=O.CCCCCCCCC=CCCCCCCCCN1CC(C(=O)O)CC1=O.CCCCCCCCC=CCCCCCCCCN1CC(C(=O)OCC(O)CO)CC1=O. The fourth-order valence-electron chi connectivity index (χ4n) is 11.5. The molecule has 0 saturated carbocycles. The highest BCUT2D eigenvalue weighted by Gasteiger charge is 2.36. The van der Waals surface area contributed by atoms with E-state index in [2.05, 4.69) is 57.2 Å². The van der Waals surface area contributed by atoms with Crippen LogP contribution in [0.3, 0.4) is 0 Å². The second kappa shape index (κ2) is 57.4. The van der Waals surface area contributed by atoms with Gasteiger partial charge < -0.3 is 39.9 Å². The fraction of sp³-hybridized carbons (Fsp3) is 0.833. The van der Waals surface area contributed by atoms with Gasteiger partial charge in [-0.25, -0.2) is 0 Å². The maximum absolute atomic E-state index is 12.1. The van der Waals surface area contributed by atoms with Crippen LogP contribution in [0.25, 0.3) is 0 Å². The summed E-state index contributed by atoms with van der Waals surface area (Å²) in [7, 11) is 0. The van der Waals surface area contributed by atoms with E-state index < -0.39 is 48.4 Å². The highest BCUT2D eigenvalue weighted by molar-refractivity contribution is 5.87. The Balaban J connectivity index is 0.000000648. The minimum absolute atomic E-state index is 0.00223. The summed E-state index contributed by atoms with van der Waals surface area (Å²) in [6.07, 6.45) is 66.9. The van der Waals surface area contributed by atoms with Crippen LogP contribution in [0.4, 0.5) is 0 Å². The molecule has 4 unspecified atom stereocenters. The molecule has 3 rings (SSSR count). The number of esters is 1. The molecule has 3 heterocycles. The molecule has 0 aromatic carbocycles. The zero-order valence-electron chi connectivity index (χ0n) is 55.2. The van der Waals surface area contributed by atoms with Crippen molar-refractivity contribution >= 4 is 35.6 Å². The van der Waals surface area contributed by atoms with Gasteiger partial charge in [0.15, 0.2) is 0 Å². The van der Waals surface area contributed by atoms with E-state index in [1.54, 1.807) is 14.7 Å². The number of hydrogen-bond donors (Lipinski definition) is 4. The van der Waals surface area contributed by atoms with Crippen LogP contribution in [0.1, 0.15) is 310 Å². The minimum atomic E-state index is -1.06. The molecule has 4 atom stereocenters. The van der Waals surface area contributed by atoms with Crippen LogP contribution < -0.4 is 0 Å². The Hall–Kier alpha value is -4.04. The molecule has 4 N–H and O–H groups in total. The van der Waals surface area contributed by atoms with Gasteiger partial charge in [-0.05, 0) is 96.3 Å². The smallest absolute Gasteiger partial charge is 0.311 e. The van der Waals surface area contributed by atoms with Gasteiger partial charge in [0.2, 0.25) is 17.7 Å². The summed E-state index contributed by atoms with van der Waals surface area (Å²) < 4.78 is 4.98. The molecule has 0 aliphatic carbocycles. The van der Waals surface area contributed by atoms with E-state index in [4.69, 9.17) is 20.1 Å². The van der Waals surface area contributed by atoms with Crippen LogP contribution in [-0.4, -0.2) is 129 Å². The standard InChI is InChI=1S/C26H47NO5.2C23H41NO3/c1-2-3-4-5-6-7-8-9-10-11-12-13-14-15-16-17-18-27-20-23(19-25(27)30)26(31)32-22-24(29)21-28;2*1-2-3-4-5-6-7-8-9-10-11-12-13-14-15-16-17-18-24-20-21(23(26)27)19-22(24)25/h9-10,23-24,28-29H,2-8,11-22H2,1H3;2*9-10,21H,2-8,11-20H2,1H3,(H,26,27). The molecule has 0 bridgehead atoms. The molecule has 0 aromatic rings. The van der Waals surface area contributed by atoms with E-state index in [0.717, 1.165) is 51.6 Å². The average molecular weight is 1210 g/mol. The Labute approximate surface area is 524 Å². The quantitative estimate of drug-likeness (QED) is 0.0256. The Morgan fingerprint density at radius 1 is 0.395 bits per heavy atom. The van der Waals surface area contributed by atoms with Crippen molar-refractivity contribution in [3.8, 4) is 0 Å². The number of carbonyl (C=O) groups excluding carboxylic acids is 4. The van der Waals surface area contributed by atoms with Crippen molar-refractivity contribution in [2.45, 2.75) is 316 Å². The zero-order valence-corrected chi connectivity index (χ0v) is 55.2. The van der Waals surface area contributed by atoms with Gasteiger partial charge in [-0.2, -0.15) is 0 Å². The van der Waals surface area contributed by atoms with E-state index in [1.165, 1.54) is 231 Å². The monoisotopic (exact) mass is 1210 g/mol. The Bertz CT molecular complexity index is 1710.